The molecule has 3 rings (SSSR count). The second kappa shape index (κ2) is 24.6. The zero-order valence-electron chi connectivity index (χ0n) is 29.6. The van der Waals surface area contributed by atoms with Gasteiger partial charge in [-0.15, -0.1) is 0 Å². The van der Waals surface area contributed by atoms with Gasteiger partial charge in [0.15, 0.2) is 0 Å². The van der Waals surface area contributed by atoms with Crippen LogP contribution in [-0.2, 0) is 20.7 Å². The highest BCUT2D eigenvalue weighted by Crippen LogP contribution is 2.32. The molecule has 1 saturated heterocycles. The molecule has 6 nitrogen and oxygen atoms in total. The highest BCUT2D eigenvalue weighted by molar-refractivity contribution is 5.69. The Bertz CT molecular complexity index is 1050. The summed E-state index contributed by atoms with van der Waals surface area (Å²) in [4.78, 5) is 12.5. The number of ether oxygens (including phenoxy) is 4. The maximum Gasteiger partial charge on any atom is 0.306 e. The molecular weight excluding hydrogens is 588 g/mol. The zero-order valence-corrected chi connectivity index (χ0v) is 29.6. The molecule has 0 aliphatic carbocycles. The number of unbranched alkanes of at least 4 members (excludes halogenated alkanes) is 14. The number of rotatable bonds is 26. The molecule has 1 heterocycles. The van der Waals surface area contributed by atoms with E-state index >= 15 is 0 Å². The van der Waals surface area contributed by atoms with Gasteiger partial charge in [0.2, 0.25) is 0 Å². The quantitative estimate of drug-likeness (QED) is 0.0805. The lowest BCUT2D eigenvalue weighted by molar-refractivity contribution is -0.165. The smallest absolute Gasteiger partial charge is 0.306 e. The van der Waals surface area contributed by atoms with Gasteiger partial charge in [-0.1, -0.05) is 128 Å². The van der Waals surface area contributed by atoms with E-state index in [1.54, 1.807) is 0 Å². The molecule has 1 N–H and O–H groups in total. The lowest BCUT2D eigenvalue weighted by atomic mass is 9.96. The first-order valence-electron chi connectivity index (χ1n) is 19.0. The third kappa shape index (κ3) is 16.9. The fraction of sp³-hybridized carbons (Fsp3) is 0.683. The molecule has 0 spiro atoms. The lowest BCUT2D eigenvalue weighted by Crippen LogP contribution is -2.39. The summed E-state index contributed by atoms with van der Waals surface area (Å²) in [5.74, 6) is 1.46. The number of carbonyl (C=O) groups excluding carboxylic acids is 1. The number of aliphatic hydroxyl groups excluding tert-OH is 1. The number of carbonyl (C=O) groups is 1. The summed E-state index contributed by atoms with van der Waals surface area (Å²) in [5, 5.41) is 10.5. The van der Waals surface area contributed by atoms with E-state index in [0.29, 0.717) is 12.8 Å². The van der Waals surface area contributed by atoms with Crippen molar-refractivity contribution in [2.24, 2.45) is 0 Å². The molecule has 1 fully saturated rings. The third-order valence-corrected chi connectivity index (χ3v) is 9.23. The highest BCUT2D eigenvalue weighted by atomic mass is 16.6. The van der Waals surface area contributed by atoms with Gasteiger partial charge in [0.1, 0.15) is 24.2 Å². The van der Waals surface area contributed by atoms with E-state index in [1.807, 2.05) is 48.5 Å². The Morgan fingerprint density at radius 2 is 1.17 bits per heavy atom. The van der Waals surface area contributed by atoms with Crippen molar-refractivity contribution < 1.29 is 28.8 Å². The number of aryl methyl sites for hydroxylation is 1. The van der Waals surface area contributed by atoms with Gasteiger partial charge in [0, 0.05) is 6.42 Å². The van der Waals surface area contributed by atoms with Crippen molar-refractivity contribution in [2.75, 3.05) is 19.8 Å². The molecular formula is C41H64O6. The number of benzene rings is 2. The summed E-state index contributed by atoms with van der Waals surface area (Å²) >= 11 is 0. The van der Waals surface area contributed by atoms with Crippen LogP contribution < -0.4 is 9.47 Å². The second-order valence-corrected chi connectivity index (χ2v) is 13.4. The van der Waals surface area contributed by atoms with Gasteiger partial charge in [0.25, 0.3) is 0 Å². The summed E-state index contributed by atoms with van der Waals surface area (Å²) in [6.45, 7) is 6.02. The SMILES string of the molecule is CCCCCCCCCCCCCCOc1ccc(CCC(=O)OC[C@H]2O[C@H](c3ccc(OCCCCCC)cc3)CC[C@@H]2O)cc1. The van der Waals surface area contributed by atoms with Crippen LogP contribution in [-0.4, -0.2) is 43.1 Å². The summed E-state index contributed by atoms with van der Waals surface area (Å²) in [7, 11) is 0. The van der Waals surface area contributed by atoms with Crippen LogP contribution in [0.25, 0.3) is 0 Å². The predicted molar refractivity (Wildman–Crippen MR) is 191 cm³/mol. The molecule has 0 unspecified atom stereocenters. The Kier molecular flexibility index (Phi) is 20.3. The standard InChI is InChI=1S/C41H64O6/c1-3-5-7-9-10-11-12-13-14-15-16-18-32-44-36-24-19-34(20-25-36)21-30-41(43)46-33-40-38(42)28-29-39(47-40)35-22-26-37(27-23-35)45-31-17-8-6-4-2/h19-20,22-27,38-40,42H,3-18,21,28-33H2,1-2H3/t38-,39-,40+/m0/s1. The molecule has 1 aliphatic heterocycles. The van der Waals surface area contributed by atoms with Crippen LogP contribution in [0.5, 0.6) is 11.5 Å². The van der Waals surface area contributed by atoms with Crippen LogP contribution in [0, 0.1) is 0 Å². The molecule has 0 amide bonds. The largest absolute Gasteiger partial charge is 0.494 e. The van der Waals surface area contributed by atoms with Crippen LogP contribution >= 0.6 is 0 Å². The van der Waals surface area contributed by atoms with Crippen molar-refractivity contribution in [1.29, 1.82) is 0 Å². The van der Waals surface area contributed by atoms with Gasteiger partial charge in [-0.2, -0.15) is 0 Å². The fourth-order valence-electron chi connectivity index (χ4n) is 6.15. The number of hydrogen-bond acceptors (Lipinski definition) is 6. The van der Waals surface area contributed by atoms with Crippen molar-refractivity contribution in [3.63, 3.8) is 0 Å². The molecule has 3 atom stereocenters. The van der Waals surface area contributed by atoms with Gasteiger partial charge in [0.05, 0.1) is 25.4 Å². The van der Waals surface area contributed by atoms with E-state index < -0.39 is 12.2 Å². The van der Waals surface area contributed by atoms with E-state index in [9.17, 15) is 9.90 Å². The number of hydrogen-bond donors (Lipinski definition) is 1. The van der Waals surface area contributed by atoms with Crippen LogP contribution in [0.15, 0.2) is 48.5 Å². The summed E-state index contributed by atoms with van der Waals surface area (Å²) in [5.41, 5.74) is 2.12. The lowest BCUT2D eigenvalue weighted by Gasteiger charge is -2.33. The minimum absolute atomic E-state index is 0.0569. The molecule has 264 valence electrons. The van der Waals surface area contributed by atoms with Gasteiger partial charge in [-0.05, 0) is 67.5 Å². The average molecular weight is 653 g/mol. The van der Waals surface area contributed by atoms with Gasteiger partial charge in [-0.25, -0.2) is 0 Å². The molecule has 2 aromatic carbocycles. The van der Waals surface area contributed by atoms with Crippen molar-refractivity contribution in [3.05, 3.63) is 59.7 Å². The Morgan fingerprint density at radius 3 is 1.72 bits per heavy atom. The number of esters is 1. The first-order chi connectivity index (χ1) is 23.1. The highest BCUT2D eigenvalue weighted by Gasteiger charge is 2.31. The van der Waals surface area contributed by atoms with Crippen LogP contribution in [0.2, 0.25) is 0 Å². The van der Waals surface area contributed by atoms with Crippen molar-refractivity contribution >= 4 is 5.97 Å². The molecule has 0 saturated carbocycles. The second-order valence-electron chi connectivity index (χ2n) is 13.4. The first-order valence-corrected chi connectivity index (χ1v) is 19.0. The van der Waals surface area contributed by atoms with Gasteiger partial charge in [-0.3, -0.25) is 4.79 Å². The van der Waals surface area contributed by atoms with E-state index in [4.69, 9.17) is 18.9 Å². The van der Waals surface area contributed by atoms with E-state index in [0.717, 1.165) is 55.1 Å². The molecule has 0 radical (unpaired) electrons. The van der Waals surface area contributed by atoms with Crippen molar-refractivity contribution in [2.45, 2.75) is 161 Å². The van der Waals surface area contributed by atoms with E-state index in [1.165, 1.54) is 89.9 Å². The molecule has 6 heteroatoms. The summed E-state index contributed by atoms with van der Waals surface area (Å²) < 4.78 is 23.5. The van der Waals surface area contributed by atoms with Crippen LogP contribution in [0.4, 0.5) is 0 Å². The molecule has 2 aromatic rings. The van der Waals surface area contributed by atoms with Crippen LogP contribution in [0.3, 0.4) is 0 Å². The van der Waals surface area contributed by atoms with Crippen LogP contribution in [0.1, 0.15) is 153 Å². The molecule has 47 heavy (non-hydrogen) atoms. The fourth-order valence-corrected chi connectivity index (χ4v) is 6.15. The Balaban J connectivity index is 1.24. The molecule has 0 bridgehead atoms. The van der Waals surface area contributed by atoms with E-state index in [-0.39, 0.29) is 25.1 Å². The maximum atomic E-state index is 12.5. The minimum atomic E-state index is -0.646. The topological polar surface area (TPSA) is 74.2 Å². The van der Waals surface area contributed by atoms with Crippen molar-refractivity contribution in [3.8, 4) is 11.5 Å². The van der Waals surface area contributed by atoms with E-state index in [2.05, 4.69) is 13.8 Å². The summed E-state index contributed by atoms with van der Waals surface area (Å²) in [6.07, 6.45) is 21.7. The van der Waals surface area contributed by atoms with Crippen molar-refractivity contribution in [1.82, 2.24) is 0 Å². The first kappa shape index (κ1) is 38.9. The monoisotopic (exact) mass is 652 g/mol. The Labute approximate surface area is 285 Å². The average Bonchev–Trinajstić information content (AvgIpc) is 3.09. The predicted octanol–water partition coefficient (Wildman–Crippen LogP) is 10.5. The maximum absolute atomic E-state index is 12.5. The minimum Gasteiger partial charge on any atom is -0.494 e. The number of aliphatic hydroxyl groups is 1. The zero-order chi connectivity index (χ0) is 33.4. The molecule has 0 aromatic heterocycles. The Morgan fingerprint density at radius 1 is 0.681 bits per heavy atom. The normalized spacial score (nSPS) is 17.8. The van der Waals surface area contributed by atoms with Gasteiger partial charge < -0.3 is 24.1 Å². The molecule has 1 aliphatic rings. The summed E-state index contributed by atoms with van der Waals surface area (Å²) in [6, 6.07) is 16.0. The third-order valence-electron chi connectivity index (χ3n) is 9.23. The van der Waals surface area contributed by atoms with Gasteiger partial charge >= 0.3 is 5.97 Å². The Hall–Kier alpha value is -2.57.